The number of nitrogen functional groups attached to an aromatic ring is 1. The molecule has 16 heavy (non-hydrogen) atoms. The summed E-state index contributed by atoms with van der Waals surface area (Å²) in [5, 5.41) is 0. The Hall–Kier alpha value is -0.740. The van der Waals surface area contributed by atoms with Gasteiger partial charge in [-0.1, -0.05) is 13.8 Å². The van der Waals surface area contributed by atoms with Crippen LogP contribution < -0.4 is 5.73 Å². The summed E-state index contributed by atoms with van der Waals surface area (Å²) in [5.41, 5.74) is 5.58. The third-order valence-electron chi connectivity index (χ3n) is 1.92. The van der Waals surface area contributed by atoms with E-state index >= 15 is 0 Å². The zero-order chi connectivity index (χ0) is 12.0. The zero-order valence-corrected chi connectivity index (χ0v) is 10.5. The van der Waals surface area contributed by atoms with Crippen molar-refractivity contribution in [3.05, 3.63) is 24.0 Å². The molecule has 0 aromatic heterocycles. The molecule has 90 valence electrons. The van der Waals surface area contributed by atoms with Crippen LogP contribution >= 0.6 is 11.8 Å². The molecular formula is C12H18FNOS. The van der Waals surface area contributed by atoms with Crippen LogP contribution in [-0.4, -0.2) is 19.0 Å². The van der Waals surface area contributed by atoms with E-state index < -0.39 is 0 Å². The zero-order valence-electron chi connectivity index (χ0n) is 9.70. The minimum absolute atomic E-state index is 0.195. The molecule has 0 saturated heterocycles. The predicted molar refractivity (Wildman–Crippen MR) is 67.2 cm³/mol. The average Bonchev–Trinajstić information content (AvgIpc) is 2.22. The monoisotopic (exact) mass is 243 g/mol. The van der Waals surface area contributed by atoms with Crippen molar-refractivity contribution >= 4 is 17.4 Å². The van der Waals surface area contributed by atoms with Gasteiger partial charge in [-0.3, -0.25) is 0 Å². The molecule has 0 radical (unpaired) electrons. The molecule has 4 heteroatoms. The van der Waals surface area contributed by atoms with Crippen molar-refractivity contribution in [1.82, 2.24) is 0 Å². The molecule has 0 spiro atoms. The summed E-state index contributed by atoms with van der Waals surface area (Å²) >= 11 is 1.57. The predicted octanol–water partition coefficient (Wildman–Crippen LogP) is 3.17. The number of rotatable bonds is 6. The molecule has 0 amide bonds. The minimum Gasteiger partial charge on any atom is -0.396 e. The van der Waals surface area contributed by atoms with E-state index in [0.29, 0.717) is 12.5 Å². The van der Waals surface area contributed by atoms with E-state index in [9.17, 15) is 4.39 Å². The Bertz CT molecular complexity index is 331. The van der Waals surface area contributed by atoms with Crippen molar-refractivity contribution in [2.24, 2.45) is 5.92 Å². The van der Waals surface area contributed by atoms with E-state index in [1.165, 1.54) is 6.07 Å². The molecule has 0 fully saturated rings. The number of halogens is 1. The van der Waals surface area contributed by atoms with Gasteiger partial charge in [-0.15, -0.1) is 11.8 Å². The Morgan fingerprint density at radius 1 is 1.44 bits per heavy atom. The van der Waals surface area contributed by atoms with Gasteiger partial charge in [0.2, 0.25) is 0 Å². The summed E-state index contributed by atoms with van der Waals surface area (Å²) < 4.78 is 18.5. The maximum absolute atomic E-state index is 13.1. The van der Waals surface area contributed by atoms with E-state index in [1.54, 1.807) is 17.8 Å². The largest absolute Gasteiger partial charge is 0.396 e. The lowest BCUT2D eigenvalue weighted by molar-refractivity contribution is 0.124. The SMILES string of the molecule is CC(C)COCCSc1ccc(N)c(F)c1. The van der Waals surface area contributed by atoms with Crippen LogP contribution in [0.2, 0.25) is 0 Å². The molecule has 0 aliphatic heterocycles. The lowest BCUT2D eigenvalue weighted by atomic mass is 10.2. The van der Waals surface area contributed by atoms with Crippen molar-refractivity contribution in [1.29, 1.82) is 0 Å². The Morgan fingerprint density at radius 3 is 2.81 bits per heavy atom. The summed E-state index contributed by atoms with van der Waals surface area (Å²) in [6.07, 6.45) is 0. The lowest BCUT2D eigenvalue weighted by Crippen LogP contribution is -2.04. The van der Waals surface area contributed by atoms with Crippen molar-refractivity contribution in [2.45, 2.75) is 18.7 Å². The van der Waals surface area contributed by atoms with Crippen molar-refractivity contribution in [3.63, 3.8) is 0 Å². The molecule has 0 unspecified atom stereocenters. The van der Waals surface area contributed by atoms with Gasteiger partial charge in [-0.05, 0) is 24.1 Å². The van der Waals surface area contributed by atoms with Crippen molar-refractivity contribution in [2.75, 3.05) is 24.7 Å². The smallest absolute Gasteiger partial charge is 0.147 e. The molecule has 0 aliphatic rings. The van der Waals surface area contributed by atoms with Crippen LogP contribution in [0.4, 0.5) is 10.1 Å². The number of hydrogen-bond acceptors (Lipinski definition) is 3. The molecule has 1 aromatic rings. The summed E-state index contributed by atoms with van der Waals surface area (Å²) in [5.74, 6) is 1.03. The molecule has 0 bridgehead atoms. The molecule has 0 heterocycles. The van der Waals surface area contributed by atoms with Crippen LogP contribution in [0.5, 0.6) is 0 Å². The van der Waals surface area contributed by atoms with Crippen LogP contribution in [0.1, 0.15) is 13.8 Å². The van der Waals surface area contributed by atoms with Gasteiger partial charge in [0.05, 0.1) is 12.3 Å². The standard InChI is InChI=1S/C12H18FNOS/c1-9(2)8-15-5-6-16-10-3-4-12(14)11(13)7-10/h3-4,7,9H,5-6,8,14H2,1-2H3. The number of ether oxygens (including phenoxy) is 1. The molecule has 0 atom stereocenters. The molecule has 1 aromatic carbocycles. The number of thioether (sulfide) groups is 1. The van der Waals surface area contributed by atoms with Gasteiger partial charge in [0.15, 0.2) is 0 Å². The maximum atomic E-state index is 13.1. The van der Waals surface area contributed by atoms with Gasteiger partial charge in [-0.25, -0.2) is 4.39 Å². The topological polar surface area (TPSA) is 35.2 Å². The Balaban J connectivity index is 2.24. The van der Waals surface area contributed by atoms with Gasteiger partial charge < -0.3 is 10.5 Å². The van der Waals surface area contributed by atoms with E-state index in [0.717, 1.165) is 17.3 Å². The highest BCUT2D eigenvalue weighted by Crippen LogP contribution is 2.21. The second-order valence-corrected chi connectivity index (χ2v) is 5.17. The molecular weight excluding hydrogens is 225 g/mol. The van der Waals surface area contributed by atoms with Crippen LogP contribution in [0.25, 0.3) is 0 Å². The quantitative estimate of drug-likeness (QED) is 0.473. The van der Waals surface area contributed by atoms with E-state index in [2.05, 4.69) is 13.8 Å². The highest BCUT2D eigenvalue weighted by molar-refractivity contribution is 7.99. The minimum atomic E-state index is -0.354. The molecule has 1 rings (SSSR count). The van der Waals surface area contributed by atoms with Crippen LogP contribution in [-0.2, 0) is 4.74 Å². The highest BCUT2D eigenvalue weighted by atomic mass is 32.2. The van der Waals surface area contributed by atoms with Gasteiger partial charge in [0.25, 0.3) is 0 Å². The fraction of sp³-hybridized carbons (Fsp3) is 0.500. The van der Waals surface area contributed by atoms with Gasteiger partial charge in [-0.2, -0.15) is 0 Å². The Kier molecular flexibility index (Phi) is 5.63. The fourth-order valence-electron chi connectivity index (χ4n) is 1.14. The average molecular weight is 243 g/mol. The highest BCUT2D eigenvalue weighted by Gasteiger charge is 2.00. The third-order valence-corrected chi connectivity index (χ3v) is 2.88. The van der Waals surface area contributed by atoms with Gasteiger partial charge in [0, 0.05) is 17.3 Å². The van der Waals surface area contributed by atoms with Crippen molar-refractivity contribution < 1.29 is 9.13 Å². The number of nitrogens with two attached hydrogens (primary N) is 1. The first kappa shape index (κ1) is 13.3. The summed E-state index contributed by atoms with van der Waals surface area (Å²) in [7, 11) is 0. The normalized spacial score (nSPS) is 11.0. The van der Waals surface area contributed by atoms with Crippen molar-refractivity contribution in [3.8, 4) is 0 Å². The second-order valence-electron chi connectivity index (χ2n) is 4.00. The lowest BCUT2D eigenvalue weighted by Gasteiger charge is -2.06. The first-order valence-electron chi connectivity index (χ1n) is 5.35. The van der Waals surface area contributed by atoms with Crippen LogP contribution in [0.3, 0.4) is 0 Å². The Morgan fingerprint density at radius 2 is 2.19 bits per heavy atom. The summed E-state index contributed by atoms with van der Waals surface area (Å²) in [6, 6.07) is 4.88. The molecule has 2 N–H and O–H groups in total. The van der Waals surface area contributed by atoms with Crippen LogP contribution in [0.15, 0.2) is 23.1 Å². The third kappa shape index (κ3) is 4.86. The van der Waals surface area contributed by atoms with Gasteiger partial charge in [0.1, 0.15) is 5.82 Å². The molecule has 0 aliphatic carbocycles. The number of anilines is 1. The van der Waals surface area contributed by atoms with E-state index in [1.807, 2.05) is 6.07 Å². The summed E-state index contributed by atoms with van der Waals surface area (Å²) in [6.45, 7) is 5.69. The first-order valence-corrected chi connectivity index (χ1v) is 6.33. The number of benzene rings is 1. The first-order chi connectivity index (χ1) is 7.59. The molecule has 0 saturated carbocycles. The second kappa shape index (κ2) is 6.76. The maximum Gasteiger partial charge on any atom is 0.147 e. The fourth-order valence-corrected chi connectivity index (χ4v) is 1.92. The van der Waals surface area contributed by atoms with E-state index in [-0.39, 0.29) is 11.5 Å². The number of hydrogen-bond donors (Lipinski definition) is 1. The van der Waals surface area contributed by atoms with Gasteiger partial charge >= 0.3 is 0 Å². The molecule has 2 nitrogen and oxygen atoms in total. The van der Waals surface area contributed by atoms with E-state index in [4.69, 9.17) is 10.5 Å². The Labute approximate surface area is 100 Å². The van der Waals surface area contributed by atoms with Crippen LogP contribution in [0, 0.1) is 11.7 Å². The summed E-state index contributed by atoms with van der Waals surface area (Å²) in [4.78, 5) is 0.889.